The normalized spacial score (nSPS) is 20.2. The summed E-state index contributed by atoms with van der Waals surface area (Å²) in [5, 5.41) is 47.6. The Morgan fingerprint density at radius 2 is 0.771 bits per heavy atom. The molecule has 3 aliphatic heterocycles. The molecule has 34 nitrogen and oxygen atoms in total. The van der Waals surface area contributed by atoms with Gasteiger partial charge in [-0.3, -0.25) is 38.0 Å². The van der Waals surface area contributed by atoms with E-state index in [0.717, 1.165) is 44.6 Å². The van der Waals surface area contributed by atoms with Crippen LogP contribution in [0, 0.1) is 17.8 Å². The van der Waals surface area contributed by atoms with E-state index in [1.807, 2.05) is 17.0 Å². The number of anilines is 6. The molecule has 0 bridgehead atoms. The molecule has 3 aliphatic carbocycles. The molecule has 9 N–H and O–H groups in total. The van der Waals surface area contributed by atoms with Gasteiger partial charge in [-0.15, -0.1) is 0 Å². The second-order valence-electron chi connectivity index (χ2n) is 26.6. The van der Waals surface area contributed by atoms with Crippen molar-refractivity contribution in [2.45, 2.75) is 128 Å². The number of amides is 2. The van der Waals surface area contributed by atoms with Gasteiger partial charge in [-0.05, 0) is 109 Å². The van der Waals surface area contributed by atoms with Crippen molar-refractivity contribution in [3.8, 4) is 0 Å². The monoisotopic (exact) mass is 1520 g/mol. The Balaban J connectivity index is 0.000000173. The van der Waals surface area contributed by atoms with Gasteiger partial charge in [-0.1, -0.05) is 0 Å². The number of halogens is 6. The summed E-state index contributed by atoms with van der Waals surface area (Å²) in [4.78, 5) is 91.0. The Morgan fingerprint density at radius 3 is 1.07 bits per heavy atom. The van der Waals surface area contributed by atoms with Gasteiger partial charge in [-0.25, -0.2) is 59.6 Å². The van der Waals surface area contributed by atoms with Crippen molar-refractivity contribution >= 4 is 86.8 Å². The molecule has 2 amide bonds. The number of carbonyl (C=O) groups is 6. The molecule has 9 aromatic rings. The second kappa shape index (κ2) is 37.3. The first-order valence-corrected chi connectivity index (χ1v) is 35.0. The fourth-order valence-corrected chi connectivity index (χ4v) is 13.9. The number of hydrogen-bond acceptors (Lipinski definition) is 23. The number of carbonyl (C=O) groups excluding carboxylic acids is 4. The Bertz CT molecular complexity index is 4400. The van der Waals surface area contributed by atoms with E-state index in [4.69, 9.17) is 25.1 Å². The van der Waals surface area contributed by atoms with E-state index in [9.17, 15) is 60.2 Å². The predicted molar refractivity (Wildman–Crippen MR) is 374 cm³/mol. The van der Waals surface area contributed by atoms with E-state index < -0.39 is 60.3 Å². The molecule has 0 aromatic carbocycles. The standard InChI is InChI=1S/C23H27F2N7O3.C22H25F2N7O4.C12H17F2N3O.C11H12N4O3.Li.2H2O/c1-14(33)15-2-4-16(5-3-15)32-13-18(20(29-32)21(24)25)27-23(34)17-12-26-31-7-6-19(28-22(17)31)30-8-10-35-11-9-30;23-19(24)18-16(12-31(28-18)14-3-1-13(2-4-14)22(33)34)26-21(32)15-11-25-30-6-5-17(27-20(15)30)29-7-9-35-10-8-29;1-7(18)8-2-4-9(5-3-8)17-6-10(15)11(16-17)12(13)14;16-11(17)8-7-12-15-2-1-9(13-10(8)15)14-3-5-18-6-4-14;;;/h6-7,12-13,15-16,21H,2-5,8-11H2,1H3,(H,27,34);5-6,11-14,19H,1-4,7-10H2,(H,26,32)(H,33,34);6,8-9,12H,2-5,15H2,1H3;1-2,7H,3-6H2,(H,16,17);;2*1H2/q;;;;+1;;/p-1. The minimum absolute atomic E-state index is 0. The van der Waals surface area contributed by atoms with Crippen LogP contribution in [-0.4, -0.2) is 209 Å². The number of alkyl halides is 6. The maximum absolute atomic E-state index is 13.8. The number of nitrogen functional groups attached to an aromatic ring is 1. The van der Waals surface area contributed by atoms with Crippen molar-refractivity contribution < 1.29 is 109 Å². The molecule has 0 atom stereocenters. The summed E-state index contributed by atoms with van der Waals surface area (Å²) in [6, 6.07) is 5.22. The molecule has 9 aromatic heterocycles. The van der Waals surface area contributed by atoms with Crippen LogP contribution >= 0.6 is 0 Å². The zero-order valence-corrected chi connectivity index (χ0v) is 60.0. The predicted octanol–water partition coefficient (Wildman–Crippen LogP) is 5.03. The molecule has 0 spiro atoms. The molecule has 6 fully saturated rings. The number of morpholine rings is 3. The molecule has 3 saturated carbocycles. The van der Waals surface area contributed by atoms with E-state index in [2.05, 4.69) is 66.0 Å². The molecule has 12 heterocycles. The largest absolute Gasteiger partial charge is 1.00 e. The topological polar surface area (TPSA) is 436 Å². The number of aromatic carboxylic acids is 1. The molecule has 3 saturated heterocycles. The molecule has 582 valence electrons. The van der Waals surface area contributed by atoms with Crippen molar-refractivity contribution in [3.05, 3.63) is 108 Å². The quantitative estimate of drug-likeness (QED) is 0.0589. The molecule has 109 heavy (non-hydrogen) atoms. The van der Waals surface area contributed by atoms with Crippen LogP contribution in [0.5, 0.6) is 0 Å². The number of rotatable bonds is 17. The average molecular weight is 1520 g/mol. The fraction of sp³-hybridized carbons (Fsp3) is 0.515. The van der Waals surface area contributed by atoms with Crippen molar-refractivity contribution in [1.82, 2.24) is 73.1 Å². The van der Waals surface area contributed by atoms with Gasteiger partial charge in [0.25, 0.3) is 31.1 Å². The summed E-state index contributed by atoms with van der Waals surface area (Å²) in [5.74, 6) is -0.882. The third-order valence-corrected chi connectivity index (χ3v) is 19.9. The number of aliphatic carboxylic acids is 1. The molecule has 0 radical (unpaired) electrons. The summed E-state index contributed by atoms with van der Waals surface area (Å²) < 4.78 is 105. The van der Waals surface area contributed by atoms with Crippen molar-refractivity contribution in [2.75, 3.05) is 110 Å². The van der Waals surface area contributed by atoms with Gasteiger partial charge in [-0.2, -0.15) is 30.6 Å². The van der Waals surface area contributed by atoms with Crippen LogP contribution < -0.4 is 49.9 Å². The summed E-state index contributed by atoms with van der Waals surface area (Å²) >= 11 is 0. The Labute approximate surface area is 630 Å². The first-order chi connectivity index (χ1) is 51.0. The molecule has 41 heteroatoms. The van der Waals surface area contributed by atoms with E-state index in [1.54, 1.807) is 38.5 Å². The van der Waals surface area contributed by atoms with Crippen LogP contribution in [0.1, 0.15) is 176 Å². The van der Waals surface area contributed by atoms with Crippen LogP contribution in [0.2, 0.25) is 0 Å². The van der Waals surface area contributed by atoms with Crippen LogP contribution in [-0.2, 0) is 28.6 Å². The number of hydrogen-bond donors (Lipinski definition) is 5. The maximum Gasteiger partial charge on any atom is 1.00 e. The fourth-order valence-electron chi connectivity index (χ4n) is 13.9. The number of Topliss-reactive ketones (excluding diaryl/α,β-unsaturated/α-hetero) is 2. The Hall–Kier alpha value is -10.1. The summed E-state index contributed by atoms with van der Waals surface area (Å²) in [5.41, 5.74) is 5.51. The van der Waals surface area contributed by atoms with Gasteiger partial charge < -0.3 is 66.4 Å². The van der Waals surface area contributed by atoms with Crippen molar-refractivity contribution in [2.24, 2.45) is 17.8 Å². The maximum atomic E-state index is 13.8. The second-order valence-corrected chi connectivity index (χ2v) is 26.6. The smallest absolute Gasteiger partial charge is 0.870 e. The summed E-state index contributed by atoms with van der Waals surface area (Å²) in [6.45, 7) is 11.1. The number of carboxylic acids is 2. The first kappa shape index (κ1) is 82.9. The number of ether oxygens (including phenoxy) is 3. The van der Waals surface area contributed by atoms with E-state index in [0.29, 0.717) is 146 Å². The van der Waals surface area contributed by atoms with Gasteiger partial charge in [0, 0.05) is 88.3 Å². The van der Waals surface area contributed by atoms with Crippen LogP contribution in [0.4, 0.5) is 60.9 Å². The van der Waals surface area contributed by atoms with Gasteiger partial charge in [0.2, 0.25) is 0 Å². The average Bonchev–Trinajstić information content (AvgIpc) is 1.68. The van der Waals surface area contributed by atoms with Gasteiger partial charge in [0.05, 0.1) is 99.3 Å². The summed E-state index contributed by atoms with van der Waals surface area (Å²) in [6.07, 6.45) is 12.9. The van der Waals surface area contributed by atoms with E-state index >= 15 is 0 Å². The number of carboxylic acid groups (broad SMARTS) is 2. The van der Waals surface area contributed by atoms with Gasteiger partial charge in [0.15, 0.2) is 34.0 Å². The van der Waals surface area contributed by atoms with Gasteiger partial charge in [0.1, 0.15) is 45.7 Å². The van der Waals surface area contributed by atoms with Crippen molar-refractivity contribution in [1.29, 1.82) is 0 Å². The molecule has 15 rings (SSSR count). The minimum atomic E-state index is -2.89. The number of nitrogens with two attached hydrogens (primary N) is 1. The zero-order valence-electron chi connectivity index (χ0n) is 60.0. The zero-order chi connectivity index (χ0) is 74.9. The van der Waals surface area contributed by atoms with Crippen molar-refractivity contribution in [3.63, 3.8) is 0 Å². The summed E-state index contributed by atoms with van der Waals surface area (Å²) in [7, 11) is 0. The molecule has 6 aliphatic rings. The molecule has 0 unspecified atom stereocenters. The van der Waals surface area contributed by atoms with Crippen LogP contribution in [0.3, 0.4) is 0 Å². The third-order valence-electron chi connectivity index (χ3n) is 19.9. The number of nitrogens with zero attached hydrogens (tertiary/aromatic N) is 18. The molecular formula is C68H84F6LiN21O13. The third kappa shape index (κ3) is 19.7. The van der Waals surface area contributed by atoms with Crippen LogP contribution in [0.15, 0.2) is 74.0 Å². The number of aromatic nitrogens is 15. The Kier molecular flexibility index (Phi) is 28.4. The minimum Gasteiger partial charge on any atom is -0.870 e. The van der Waals surface area contributed by atoms with Crippen LogP contribution in [0.25, 0.3) is 16.9 Å². The first-order valence-electron chi connectivity index (χ1n) is 35.0. The van der Waals surface area contributed by atoms with E-state index in [1.165, 1.54) is 64.8 Å². The number of fused-ring (bicyclic) bond motifs is 3. The van der Waals surface area contributed by atoms with Gasteiger partial charge >= 0.3 is 30.8 Å². The Morgan fingerprint density at radius 1 is 0.468 bits per heavy atom. The van der Waals surface area contributed by atoms with E-state index in [-0.39, 0.29) is 111 Å². The molecular weight excluding hydrogens is 1440 g/mol. The number of ketones is 2. The number of nitrogens with one attached hydrogen (secondary N) is 2. The SMILES string of the molecule is CC(=O)C1CCC(n2cc(N)c(C(F)F)n2)CC1.CC(=O)C1CCC(n2cc(NC(=O)c3cnn4ccc(N5CCOCC5)nc34)c(C(F)F)n2)CC1.O.O=C(Nc1cn(C2CCC(C(=O)O)CC2)nc1C(F)F)c1cnn2ccc(N3CCOCC3)nc12.O=C(O)c1cnn2ccc(N3CCOCC3)nc12.[Li+].[OH-].